The van der Waals surface area contributed by atoms with E-state index in [0.717, 1.165) is 52.2 Å². The lowest BCUT2D eigenvalue weighted by Crippen LogP contribution is -2.27. The quantitative estimate of drug-likeness (QED) is 0.431. The summed E-state index contributed by atoms with van der Waals surface area (Å²) in [6.45, 7) is 3.85. The molecular formula is C25H26N4O2S. The number of carbonyl (C=O) groups is 1. The van der Waals surface area contributed by atoms with Gasteiger partial charge in [-0.05, 0) is 48.4 Å². The third-order valence-electron chi connectivity index (χ3n) is 6.06. The summed E-state index contributed by atoms with van der Waals surface area (Å²) in [5.74, 6) is 0.291. The Morgan fingerprint density at radius 1 is 1.22 bits per heavy atom. The molecule has 6 nitrogen and oxygen atoms in total. The molecule has 1 saturated heterocycles. The van der Waals surface area contributed by atoms with Gasteiger partial charge in [0.15, 0.2) is 0 Å². The lowest BCUT2D eigenvalue weighted by atomic mass is 9.95. The predicted molar refractivity (Wildman–Crippen MR) is 128 cm³/mol. The molecule has 1 atom stereocenters. The molecule has 0 spiro atoms. The second-order valence-corrected chi connectivity index (χ2v) is 9.20. The number of benzene rings is 1. The molecule has 4 heterocycles. The van der Waals surface area contributed by atoms with Crippen LogP contribution in [0.25, 0.3) is 21.1 Å². The maximum absolute atomic E-state index is 13.0. The molecule has 1 aliphatic rings. The summed E-state index contributed by atoms with van der Waals surface area (Å²) in [6.07, 6.45) is 4.66. The van der Waals surface area contributed by atoms with E-state index in [2.05, 4.69) is 50.5 Å². The van der Waals surface area contributed by atoms with Crippen molar-refractivity contribution >= 4 is 38.4 Å². The van der Waals surface area contributed by atoms with Crippen molar-refractivity contribution in [3.63, 3.8) is 0 Å². The highest BCUT2D eigenvalue weighted by Gasteiger charge is 2.31. The Bertz CT molecular complexity index is 1260. The molecule has 1 aliphatic heterocycles. The van der Waals surface area contributed by atoms with Gasteiger partial charge in [0.2, 0.25) is 0 Å². The number of fused-ring (bicyclic) bond motifs is 2. The third-order valence-corrected chi connectivity index (χ3v) is 7.18. The lowest BCUT2D eigenvalue weighted by molar-refractivity contribution is 0.0940. The molecule has 1 fully saturated rings. The second-order valence-electron chi connectivity index (χ2n) is 8.20. The Labute approximate surface area is 191 Å². The number of pyridine rings is 2. The molecule has 32 heavy (non-hydrogen) atoms. The Hall–Kier alpha value is -2.87. The van der Waals surface area contributed by atoms with E-state index in [9.17, 15) is 4.79 Å². The summed E-state index contributed by atoms with van der Waals surface area (Å²) in [4.78, 5) is 26.1. The second kappa shape index (κ2) is 9.32. The minimum atomic E-state index is -0.0273. The van der Waals surface area contributed by atoms with Gasteiger partial charge in [-0.1, -0.05) is 18.2 Å². The van der Waals surface area contributed by atoms with Gasteiger partial charge in [0.05, 0.1) is 17.0 Å². The van der Waals surface area contributed by atoms with Crippen LogP contribution in [0.15, 0.2) is 54.9 Å². The standard InChI is InChI=1S/C25H26N4O2S/c1-31-13-11-27-24(30)23-22(20-5-3-10-28-25(20)32-23)19-8-12-29(16-19)15-17-6-7-21-18(14-17)4-2-9-26-21/h2-7,9-10,14,19H,8,11-13,15-16H2,1H3,(H,27,30)/t19-/m0/s1. The molecule has 1 aromatic carbocycles. The highest BCUT2D eigenvalue weighted by Crippen LogP contribution is 2.39. The summed E-state index contributed by atoms with van der Waals surface area (Å²) >= 11 is 1.49. The predicted octanol–water partition coefficient (Wildman–Crippen LogP) is 4.21. The van der Waals surface area contributed by atoms with Gasteiger partial charge in [0.25, 0.3) is 5.91 Å². The van der Waals surface area contributed by atoms with Crippen molar-refractivity contribution in [1.82, 2.24) is 20.2 Å². The molecule has 0 saturated carbocycles. The number of aromatic nitrogens is 2. The summed E-state index contributed by atoms with van der Waals surface area (Å²) in [7, 11) is 1.64. The molecule has 7 heteroatoms. The Balaban J connectivity index is 1.37. The number of amides is 1. The molecule has 1 N–H and O–H groups in total. The molecule has 0 unspecified atom stereocenters. The molecule has 4 aromatic rings. The van der Waals surface area contributed by atoms with Gasteiger partial charge in [-0.3, -0.25) is 14.7 Å². The largest absolute Gasteiger partial charge is 0.383 e. The van der Waals surface area contributed by atoms with Crippen LogP contribution in [0.4, 0.5) is 0 Å². The van der Waals surface area contributed by atoms with E-state index in [1.165, 1.54) is 22.3 Å². The molecule has 164 valence electrons. The first-order valence-corrected chi connectivity index (χ1v) is 11.7. The smallest absolute Gasteiger partial charge is 0.261 e. The molecule has 0 radical (unpaired) electrons. The average Bonchev–Trinajstić information content (AvgIpc) is 3.43. The SMILES string of the molecule is COCCNC(=O)c1sc2ncccc2c1[C@H]1CCN(Cc2ccc3ncccc3c2)C1. The van der Waals surface area contributed by atoms with Crippen LogP contribution in [0.2, 0.25) is 0 Å². The van der Waals surface area contributed by atoms with Gasteiger partial charge < -0.3 is 10.1 Å². The number of likely N-dealkylation sites (tertiary alicyclic amines) is 1. The van der Waals surface area contributed by atoms with Crippen LogP contribution in [-0.2, 0) is 11.3 Å². The van der Waals surface area contributed by atoms with Crippen molar-refractivity contribution in [2.24, 2.45) is 0 Å². The van der Waals surface area contributed by atoms with Gasteiger partial charge in [0.1, 0.15) is 4.83 Å². The minimum absolute atomic E-state index is 0.0273. The van der Waals surface area contributed by atoms with E-state index in [1.54, 1.807) is 13.3 Å². The zero-order valence-corrected chi connectivity index (χ0v) is 18.9. The molecule has 1 amide bonds. The van der Waals surface area contributed by atoms with Crippen LogP contribution in [-0.4, -0.2) is 54.1 Å². The maximum atomic E-state index is 13.0. The topological polar surface area (TPSA) is 67.3 Å². The van der Waals surface area contributed by atoms with Crippen LogP contribution in [0, 0.1) is 0 Å². The summed E-state index contributed by atoms with van der Waals surface area (Å²) < 4.78 is 5.08. The van der Waals surface area contributed by atoms with Crippen molar-refractivity contribution in [2.75, 3.05) is 33.4 Å². The molecule has 0 bridgehead atoms. The number of thiophene rings is 1. The first-order chi connectivity index (χ1) is 15.7. The van der Waals surface area contributed by atoms with Crippen molar-refractivity contribution in [3.05, 3.63) is 70.9 Å². The number of ether oxygens (including phenoxy) is 1. The zero-order chi connectivity index (χ0) is 21.9. The van der Waals surface area contributed by atoms with Gasteiger partial charge >= 0.3 is 0 Å². The van der Waals surface area contributed by atoms with Gasteiger partial charge in [0, 0.05) is 55.8 Å². The first-order valence-electron chi connectivity index (χ1n) is 10.9. The average molecular weight is 447 g/mol. The van der Waals surface area contributed by atoms with E-state index in [-0.39, 0.29) is 5.91 Å². The molecule has 5 rings (SSSR count). The van der Waals surface area contributed by atoms with Crippen LogP contribution < -0.4 is 5.32 Å². The number of rotatable bonds is 7. The highest BCUT2D eigenvalue weighted by atomic mass is 32.1. The molecular weight excluding hydrogens is 420 g/mol. The van der Waals surface area contributed by atoms with Crippen LogP contribution in [0.5, 0.6) is 0 Å². The van der Waals surface area contributed by atoms with Crippen molar-refractivity contribution < 1.29 is 9.53 Å². The third kappa shape index (κ3) is 4.24. The zero-order valence-electron chi connectivity index (χ0n) is 18.1. The van der Waals surface area contributed by atoms with E-state index in [4.69, 9.17) is 4.74 Å². The van der Waals surface area contributed by atoms with E-state index in [0.29, 0.717) is 19.1 Å². The summed E-state index contributed by atoms with van der Waals surface area (Å²) in [5, 5.41) is 5.27. The number of nitrogens with one attached hydrogen (secondary N) is 1. The number of hydrogen-bond donors (Lipinski definition) is 1. The fourth-order valence-corrected chi connectivity index (χ4v) is 5.71. The summed E-state index contributed by atoms with van der Waals surface area (Å²) in [6, 6.07) is 14.6. The van der Waals surface area contributed by atoms with Crippen molar-refractivity contribution in [1.29, 1.82) is 0 Å². The number of nitrogens with zero attached hydrogens (tertiary/aromatic N) is 3. The van der Waals surface area contributed by atoms with Crippen molar-refractivity contribution in [3.8, 4) is 0 Å². The summed E-state index contributed by atoms with van der Waals surface area (Å²) in [5.41, 5.74) is 3.47. The lowest BCUT2D eigenvalue weighted by Gasteiger charge is -2.17. The van der Waals surface area contributed by atoms with Gasteiger partial charge in [-0.15, -0.1) is 11.3 Å². The van der Waals surface area contributed by atoms with Crippen LogP contribution in [0.3, 0.4) is 0 Å². The van der Waals surface area contributed by atoms with E-state index >= 15 is 0 Å². The van der Waals surface area contributed by atoms with E-state index in [1.807, 2.05) is 18.3 Å². The number of hydrogen-bond acceptors (Lipinski definition) is 6. The first kappa shape index (κ1) is 21.0. The number of methoxy groups -OCH3 is 1. The monoisotopic (exact) mass is 446 g/mol. The fourth-order valence-electron chi connectivity index (χ4n) is 4.57. The van der Waals surface area contributed by atoms with Gasteiger partial charge in [-0.25, -0.2) is 4.98 Å². The molecule has 0 aliphatic carbocycles. The van der Waals surface area contributed by atoms with Gasteiger partial charge in [-0.2, -0.15) is 0 Å². The fraction of sp³-hybridized carbons (Fsp3) is 0.320. The highest BCUT2D eigenvalue weighted by molar-refractivity contribution is 7.20. The Morgan fingerprint density at radius 3 is 3.00 bits per heavy atom. The normalized spacial score (nSPS) is 16.7. The number of carbonyl (C=O) groups excluding carboxylic acids is 1. The van der Waals surface area contributed by atoms with Crippen LogP contribution in [0.1, 0.15) is 33.1 Å². The molecule has 3 aromatic heterocycles. The van der Waals surface area contributed by atoms with Crippen molar-refractivity contribution in [2.45, 2.75) is 18.9 Å². The maximum Gasteiger partial charge on any atom is 0.261 e. The minimum Gasteiger partial charge on any atom is -0.383 e. The van der Waals surface area contributed by atoms with E-state index < -0.39 is 0 Å². The van der Waals surface area contributed by atoms with Crippen LogP contribution >= 0.6 is 11.3 Å². The Kier molecular flexibility index (Phi) is 6.12. The Morgan fingerprint density at radius 2 is 2.09 bits per heavy atom.